The maximum absolute atomic E-state index is 12.1. The quantitative estimate of drug-likeness (QED) is 0.483. The molecule has 0 atom stereocenters. The smallest absolute Gasteiger partial charge is 0.225 e. The lowest BCUT2D eigenvalue weighted by molar-refractivity contribution is -0.132. The lowest BCUT2D eigenvalue weighted by atomic mass is 9.72. The van der Waals surface area contributed by atoms with Gasteiger partial charge in [0.15, 0.2) is 0 Å². The van der Waals surface area contributed by atoms with E-state index in [9.17, 15) is 4.79 Å². The highest BCUT2D eigenvalue weighted by Crippen LogP contribution is 2.35. The summed E-state index contributed by atoms with van der Waals surface area (Å²) in [4.78, 5) is 12.1. The maximum Gasteiger partial charge on any atom is 0.225 e. The highest BCUT2D eigenvalue weighted by molar-refractivity contribution is 5.81. The minimum Gasteiger partial charge on any atom is -0.359 e. The second-order valence-electron chi connectivity index (χ2n) is 6.70. The number of unbranched alkanes of at least 4 members (excludes halogenated alkanes) is 6. The number of carbonyl (C=O) groups excluding carboxylic acids is 1. The van der Waals surface area contributed by atoms with Crippen molar-refractivity contribution in [2.45, 2.75) is 91.9 Å². The standard InChI is InChI=1S/C18H37NO/c1-6-8-10-12-14-16(15-13-11-9-7-2)18(3,4)17(20)19-5/h16H,6-15H2,1-5H3,(H,19,20). The number of nitrogens with one attached hydrogen (secondary N) is 1. The lowest BCUT2D eigenvalue weighted by Crippen LogP contribution is -2.40. The Hall–Kier alpha value is -0.530. The van der Waals surface area contributed by atoms with Crippen molar-refractivity contribution in [1.82, 2.24) is 5.32 Å². The molecular weight excluding hydrogens is 246 g/mol. The molecule has 1 N–H and O–H groups in total. The summed E-state index contributed by atoms with van der Waals surface area (Å²) in [6, 6.07) is 0. The van der Waals surface area contributed by atoms with Gasteiger partial charge in [0.25, 0.3) is 0 Å². The van der Waals surface area contributed by atoms with Crippen molar-refractivity contribution >= 4 is 5.91 Å². The summed E-state index contributed by atoms with van der Waals surface area (Å²) in [6.07, 6.45) is 12.8. The largest absolute Gasteiger partial charge is 0.359 e. The van der Waals surface area contributed by atoms with Crippen molar-refractivity contribution in [3.8, 4) is 0 Å². The molecule has 0 fully saturated rings. The molecule has 2 heteroatoms. The normalized spacial score (nSPS) is 11.9. The van der Waals surface area contributed by atoms with Gasteiger partial charge in [0, 0.05) is 12.5 Å². The van der Waals surface area contributed by atoms with Crippen LogP contribution in [0.15, 0.2) is 0 Å². The number of hydrogen-bond acceptors (Lipinski definition) is 1. The van der Waals surface area contributed by atoms with Crippen LogP contribution in [0, 0.1) is 11.3 Å². The molecule has 0 rings (SSSR count). The fourth-order valence-electron chi connectivity index (χ4n) is 3.01. The van der Waals surface area contributed by atoms with E-state index in [2.05, 4.69) is 33.0 Å². The Balaban J connectivity index is 4.40. The molecule has 0 aliphatic heterocycles. The van der Waals surface area contributed by atoms with Crippen LogP contribution in [0.25, 0.3) is 0 Å². The molecule has 0 radical (unpaired) electrons. The topological polar surface area (TPSA) is 29.1 Å². The van der Waals surface area contributed by atoms with E-state index in [4.69, 9.17) is 0 Å². The number of amides is 1. The highest BCUT2D eigenvalue weighted by Gasteiger charge is 2.35. The Bertz CT molecular complexity index is 236. The summed E-state index contributed by atoms with van der Waals surface area (Å²) in [5.41, 5.74) is -0.229. The molecule has 1 amide bonds. The van der Waals surface area contributed by atoms with Crippen LogP contribution in [0.3, 0.4) is 0 Å². The molecule has 0 aromatic heterocycles. The van der Waals surface area contributed by atoms with Crippen molar-refractivity contribution in [1.29, 1.82) is 0 Å². The van der Waals surface area contributed by atoms with Crippen LogP contribution in [0.1, 0.15) is 91.9 Å². The molecule has 0 aliphatic carbocycles. The number of rotatable bonds is 12. The van der Waals surface area contributed by atoms with E-state index in [1.54, 1.807) is 7.05 Å². The number of carbonyl (C=O) groups is 1. The fraction of sp³-hybridized carbons (Fsp3) is 0.944. The minimum absolute atomic E-state index is 0.202. The first kappa shape index (κ1) is 19.5. The van der Waals surface area contributed by atoms with Gasteiger partial charge in [-0.1, -0.05) is 79.1 Å². The third-order valence-electron chi connectivity index (χ3n) is 4.65. The van der Waals surface area contributed by atoms with Gasteiger partial charge in [0.1, 0.15) is 0 Å². The second-order valence-corrected chi connectivity index (χ2v) is 6.70. The van der Waals surface area contributed by atoms with E-state index >= 15 is 0 Å². The van der Waals surface area contributed by atoms with Crippen LogP contribution in [0.4, 0.5) is 0 Å². The molecule has 0 bridgehead atoms. The third kappa shape index (κ3) is 7.31. The fourth-order valence-corrected chi connectivity index (χ4v) is 3.01. The van der Waals surface area contributed by atoms with Gasteiger partial charge in [0.05, 0.1) is 0 Å². The average Bonchev–Trinajstić information content (AvgIpc) is 2.44. The van der Waals surface area contributed by atoms with Crippen LogP contribution in [-0.2, 0) is 4.79 Å². The Morgan fingerprint density at radius 2 is 1.35 bits per heavy atom. The van der Waals surface area contributed by atoms with Crippen LogP contribution in [0.5, 0.6) is 0 Å². The predicted octanol–water partition coefficient (Wildman–Crippen LogP) is 5.32. The van der Waals surface area contributed by atoms with Crippen molar-refractivity contribution in [2.24, 2.45) is 11.3 Å². The molecule has 2 nitrogen and oxygen atoms in total. The molecule has 120 valence electrons. The molecular formula is C18H37NO. The van der Waals surface area contributed by atoms with E-state index < -0.39 is 0 Å². The molecule has 0 unspecified atom stereocenters. The van der Waals surface area contributed by atoms with Crippen molar-refractivity contribution in [3.63, 3.8) is 0 Å². The Kier molecular flexibility index (Phi) is 10.9. The van der Waals surface area contributed by atoms with E-state index in [1.807, 2.05) is 0 Å². The van der Waals surface area contributed by atoms with Gasteiger partial charge in [0.2, 0.25) is 5.91 Å². The minimum atomic E-state index is -0.229. The third-order valence-corrected chi connectivity index (χ3v) is 4.65. The van der Waals surface area contributed by atoms with Crippen molar-refractivity contribution in [2.75, 3.05) is 7.05 Å². The molecule has 0 saturated heterocycles. The first-order chi connectivity index (χ1) is 9.50. The highest BCUT2D eigenvalue weighted by atomic mass is 16.2. The zero-order chi connectivity index (χ0) is 15.4. The SMILES string of the molecule is CCCCCCC(CCCCCC)C(C)(C)C(=O)NC. The van der Waals surface area contributed by atoms with Gasteiger partial charge in [-0.05, 0) is 18.8 Å². The average molecular weight is 283 g/mol. The monoisotopic (exact) mass is 283 g/mol. The van der Waals surface area contributed by atoms with Gasteiger partial charge in [-0.15, -0.1) is 0 Å². The van der Waals surface area contributed by atoms with Crippen molar-refractivity contribution in [3.05, 3.63) is 0 Å². The van der Waals surface area contributed by atoms with Gasteiger partial charge < -0.3 is 5.32 Å². The molecule has 0 aliphatic rings. The summed E-state index contributed by atoms with van der Waals surface area (Å²) in [6.45, 7) is 8.74. The predicted molar refractivity (Wildman–Crippen MR) is 88.9 cm³/mol. The van der Waals surface area contributed by atoms with Crippen LogP contribution >= 0.6 is 0 Å². The van der Waals surface area contributed by atoms with Gasteiger partial charge in [-0.2, -0.15) is 0 Å². The Labute approximate surface area is 127 Å². The van der Waals surface area contributed by atoms with E-state index in [1.165, 1.54) is 64.2 Å². The lowest BCUT2D eigenvalue weighted by Gasteiger charge is -2.33. The number of hydrogen-bond donors (Lipinski definition) is 1. The van der Waals surface area contributed by atoms with E-state index in [0.29, 0.717) is 5.92 Å². The van der Waals surface area contributed by atoms with Gasteiger partial charge in [-0.3, -0.25) is 4.79 Å². The molecule has 20 heavy (non-hydrogen) atoms. The molecule has 0 aromatic carbocycles. The summed E-state index contributed by atoms with van der Waals surface area (Å²) >= 11 is 0. The van der Waals surface area contributed by atoms with Crippen LogP contribution < -0.4 is 5.32 Å². The van der Waals surface area contributed by atoms with Gasteiger partial charge >= 0.3 is 0 Å². The maximum atomic E-state index is 12.1. The second kappa shape index (κ2) is 11.2. The first-order valence-corrected chi connectivity index (χ1v) is 8.72. The summed E-state index contributed by atoms with van der Waals surface area (Å²) in [5.74, 6) is 0.727. The molecule has 0 aromatic rings. The summed E-state index contributed by atoms with van der Waals surface area (Å²) in [7, 11) is 1.76. The van der Waals surface area contributed by atoms with E-state index in [-0.39, 0.29) is 11.3 Å². The van der Waals surface area contributed by atoms with Crippen molar-refractivity contribution < 1.29 is 4.79 Å². The van der Waals surface area contributed by atoms with E-state index in [0.717, 1.165) is 0 Å². The zero-order valence-electron chi connectivity index (χ0n) is 14.6. The van der Waals surface area contributed by atoms with Crippen LogP contribution in [-0.4, -0.2) is 13.0 Å². The Morgan fingerprint density at radius 3 is 1.70 bits per heavy atom. The summed E-state index contributed by atoms with van der Waals surface area (Å²) < 4.78 is 0. The van der Waals surface area contributed by atoms with Crippen LogP contribution in [0.2, 0.25) is 0 Å². The molecule has 0 heterocycles. The Morgan fingerprint density at radius 1 is 0.900 bits per heavy atom. The molecule has 0 saturated carbocycles. The first-order valence-electron chi connectivity index (χ1n) is 8.72. The molecule has 0 spiro atoms. The zero-order valence-corrected chi connectivity index (χ0v) is 14.6. The van der Waals surface area contributed by atoms with Gasteiger partial charge in [-0.25, -0.2) is 0 Å². The summed E-state index contributed by atoms with van der Waals surface area (Å²) in [5, 5.41) is 2.85.